The lowest BCUT2D eigenvalue weighted by molar-refractivity contribution is 0.609. The van der Waals surface area contributed by atoms with Gasteiger partial charge in [-0.05, 0) is 42.4 Å². The van der Waals surface area contributed by atoms with Crippen LogP contribution < -0.4 is 0 Å². The van der Waals surface area contributed by atoms with Crippen LogP contribution in [-0.4, -0.2) is 4.98 Å². The second-order valence-electron chi connectivity index (χ2n) is 5.56. The van der Waals surface area contributed by atoms with E-state index in [9.17, 15) is 0 Å². The van der Waals surface area contributed by atoms with Crippen molar-refractivity contribution in [1.29, 1.82) is 0 Å². The Morgan fingerprint density at radius 2 is 2.11 bits per heavy atom. The fourth-order valence-electron chi connectivity index (χ4n) is 2.92. The van der Waals surface area contributed by atoms with Crippen molar-refractivity contribution in [2.24, 2.45) is 5.92 Å². The maximum atomic E-state index is 4.57. The van der Waals surface area contributed by atoms with Gasteiger partial charge in [-0.3, -0.25) is 4.98 Å². The summed E-state index contributed by atoms with van der Waals surface area (Å²) in [4.78, 5) is 4.57. The van der Waals surface area contributed by atoms with Crippen LogP contribution in [0.15, 0.2) is 36.5 Å². The molecule has 0 N–H and O–H groups in total. The summed E-state index contributed by atoms with van der Waals surface area (Å²) in [5.74, 6) is 1.72. The summed E-state index contributed by atoms with van der Waals surface area (Å²) >= 11 is 0. The lowest BCUT2D eigenvalue weighted by Crippen LogP contribution is -1.87. The van der Waals surface area contributed by atoms with Crippen molar-refractivity contribution in [1.82, 2.24) is 4.98 Å². The molecule has 18 heavy (non-hydrogen) atoms. The number of fused-ring (bicyclic) bond motifs is 1. The van der Waals surface area contributed by atoms with Crippen LogP contribution in [0.1, 0.15) is 50.5 Å². The summed E-state index contributed by atoms with van der Waals surface area (Å²) in [5.41, 5.74) is 2.57. The first-order valence-corrected chi connectivity index (χ1v) is 7.23. The van der Waals surface area contributed by atoms with Crippen LogP contribution in [0.4, 0.5) is 0 Å². The third-order valence-corrected chi connectivity index (χ3v) is 4.14. The van der Waals surface area contributed by atoms with E-state index in [1.165, 1.54) is 43.1 Å². The topological polar surface area (TPSA) is 12.9 Å². The molecule has 0 radical (unpaired) electrons. The van der Waals surface area contributed by atoms with Gasteiger partial charge < -0.3 is 0 Å². The van der Waals surface area contributed by atoms with Gasteiger partial charge in [-0.25, -0.2) is 0 Å². The number of pyridine rings is 1. The monoisotopic (exact) mass is 239 g/mol. The maximum Gasteiger partial charge on any atom is 0.0702 e. The molecular weight excluding hydrogens is 218 g/mol. The van der Waals surface area contributed by atoms with E-state index in [0.717, 1.165) is 17.4 Å². The molecule has 1 aromatic carbocycles. The fraction of sp³-hybridized carbons (Fsp3) is 0.471. The zero-order valence-corrected chi connectivity index (χ0v) is 11.1. The molecule has 0 bridgehead atoms. The van der Waals surface area contributed by atoms with Crippen LogP contribution in [-0.2, 0) is 0 Å². The van der Waals surface area contributed by atoms with Gasteiger partial charge in [0.25, 0.3) is 0 Å². The number of hydrogen-bond donors (Lipinski definition) is 0. The van der Waals surface area contributed by atoms with Gasteiger partial charge >= 0.3 is 0 Å². The molecular formula is C17H21N. The van der Waals surface area contributed by atoms with Crippen LogP contribution in [0.2, 0.25) is 0 Å². The Bertz CT molecular complexity index is 532. The van der Waals surface area contributed by atoms with Gasteiger partial charge in [0, 0.05) is 11.6 Å². The zero-order valence-electron chi connectivity index (χ0n) is 11.1. The van der Waals surface area contributed by atoms with Crippen molar-refractivity contribution in [2.45, 2.75) is 44.9 Å². The number of rotatable bonds is 5. The standard InChI is InChI=1S/C17H21N/c1-2-3-4-7-13-11-16(13)15-10-14-8-5-6-9-17(14)18-12-15/h5-6,8-10,12-13,16H,2-4,7,11H2,1H3/t13-,16-/m0/s1. The van der Waals surface area contributed by atoms with Gasteiger partial charge in [-0.1, -0.05) is 44.4 Å². The van der Waals surface area contributed by atoms with Crippen LogP contribution in [0.25, 0.3) is 10.9 Å². The number of para-hydroxylation sites is 1. The lowest BCUT2D eigenvalue weighted by Gasteiger charge is -2.03. The minimum Gasteiger partial charge on any atom is -0.256 e. The van der Waals surface area contributed by atoms with E-state index in [2.05, 4.69) is 48.4 Å². The molecule has 0 amide bonds. The first kappa shape index (κ1) is 11.7. The SMILES string of the molecule is CCCCC[C@H]1C[C@@H]1c1cnc2ccccc2c1. The van der Waals surface area contributed by atoms with Crippen molar-refractivity contribution in [3.05, 3.63) is 42.1 Å². The second-order valence-corrected chi connectivity index (χ2v) is 5.56. The first-order valence-electron chi connectivity index (χ1n) is 7.23. The number of hydrogen-bond acceptors (Lipinski definition) is 1. The fourth-order valence-corrected chi connectivity index (χ4v) is 2.92. The number of nitrogens with zero attached hydrogens (tertiary/aromatic N) is 1. The van der Waals surface area contributed by atoms with Gasteiger partial charge in [0.1, 0.15) is 0 Å². The summed E-state index contributed by atoms with van der Waals surface area (Å²) in [5, 5.41) is 1.29. The van der Waals surface area contributed by atoms with E-state index in [1.807, 2.05) is 0 Å². The zero-order chi connectivity index (χ0) is 12.4. The van der Waals surface area contributed by atoms with Gasteiger partial charge in [-0.15, -0.1) is 0 Å². The lowest BCUT2D eigenvalue weighted by atomic mass is 10.1. The van der Waals surface area contributed by atoms with Crippen molar-refractivity contribution in [3.63, 3.8) is 0 Å². The van der Waals surface area contributed by atoms with Gasteiger partial charge in [0.05, 0.1) is 5.52 Å². The minimum atomic E-state index is 0.791. The van der Waals surface area contributed by atoms with Crippen molar-refractivity contribution >= 4 is 10.9 Å². The number of unbranched alkanes of at least 4 members (excludes halogenated alkanes) is 2. The summed E-state index contributed by atoms with van der Waals surface area (Å²) < 4.78 is 0. The van der Waals surface area contributed by atoms with Crippen LogP contribution in [0.5, 0.6) is 0 Å². The molecule has 1 aliphatic rings. The molecule has 1 heterocycles. The Hall–Kier alpha value is -1.37. The molecule has 1 nitrogen and oxygen atoms in total. The van der Waals surface area contributed by atoms with Gasteiger partial charge in [0.2, 0.25) is 0 Å². The smallest absolute Gasteiger partial charge is 0.0702 e. The molecule has 94 valence electrons. The molecule has 1 aromatic heterocycles. The van der Waals surface area contributed by atoms with Crippen LogP contribution in [0, 0.1) is 5.92 Å². The molecule has 1 saturated carbocycles. The molecule has 2 atom stereocenters. The van der Waals surface area contributed by atoms with E-state index < -0.39 is 0 Å². The number of benzene rings is 1. The van der Waals surface area contributed by atoms with E-state index in [4.69, 9.17) is 0 Å². The average Bonchev–Trinajstić information content (AvgIpc) is 3.18. The Morgan fingerprint density at radius 3 is 3.00 bits per heavy atom. The second kappa shape index (κ2) is 5.09. The van der Waals surface area contributed by atoms with E-state index in [0.29, 0.717) is 0 Å². The normalized spacial score (nSPS) is 22.3. The summed E-state index contributed by atoms with van der Waals surface area (Å²) in [6.45, 7) is 2.28. The molecule has 0 aliphatic heterocycles. The van der Waals surface area contributed by atoms with Crippen LogP contribution >= 0.6 is 0 Å². The van der Waals surface area contributed by atoms with Gasteiger partial charge in [-0.2, -0.15) is 0 Å². The molecule has 2 aromatic rings. The molecule has 1 fully saturated rings. The van der Waals surface area contributed by atoms with E-state index in [1.54, 1.807) is 0 Å². The molecule has 0 unspecified atom stereocenters. The highest BCUT2D eigenvalue weighted by Crippen LogP contribution is 2.50. The highest BCUT2D eigenvalue weighted by molar-refractivity contribution is 5.78. The Morgan fingerprint density at radius 1 is 1.22 bits per heavy atom. The van der Waals surface area contributed by atoms with Crippen molar-refractivity contribution < 1.29 is 0 Å². The largest absolute Gasteiger partial charge is 0.256 e. The Kier molecular flexibility index (Phi) is 3.31. The van der Waals surface area contributed by atoms with E-state index >= 15 is 0 Å². The predicted octanol–water partition coefficient (Wildman–Crippen LogP) is 4.92. The predicted molar refractivity (Wildman–Crippen MR) is 76.7 cm³/mol. The molecule has 3 rings (SSSR count). The molecule has 0 saturated heterocycles. The Balaban J connectivity index is 1.69. The Labute approximate surface area is 109 Å². The average molecular weight is 239 g/mol. The minimum absolute atomic E-state index is 0.791. The molecule has 1 aliphatic carbocycles. The van der Waals surface area contributed by atoms with E-state index in [-0.39, 0.29) is 0 Å². The summed E-state index contributed by atoms with van der Waals surface area (Å²) in [6.07, 6.45) is 8.99. The van der Waals surface area contributed by atoms with Gasteiger partial charge in [0.15, 0.2) is 0 Å². The highest BCUT2D eigenvalue weighted by Gasteiger charge is 2.37. The third-order valence-electron chi connectivity index (χ3n) is 4.14. The van der Waals surface area contributed by atoms with Crippen molar-refractivity contribution in [2.75, 3.05) is 0 Å². The summed E-state index contributed by atoms with van der Waals surface area (Å²) in [6, 6.07) is 10.7. The maximum absolute atomic E-state index is 4.57. The quantitative estimate of drug-likeness (QED) is 0.675. The third kappa shape index (κ3) is 2.40. The molecule has 0 spiro atoms. The first-order chi connectivity index (χ1) is 8.88. The summed E-state index contributed by atoms with van der Waals surface area (Å²) in [7, 11) is 0. The molecule has 1 heteroatoms. The van der Waals surface area contributed by atoms with Crippen molar-refractivity contribution in [3.8, 4) is 0 Å². The highest BCUT2D eigenvalue weighted by atomic mass is 14.7. The van der Waals surface area contributed by atoms with Crippen LogP contribution in [0.3, 0.4) is 0 Å². The number of aromatic nitrogens is 1.